The molecular formula is C19H16BrN3O6. The minimum absolute atomic E-state index is 0.535. The number of rotatable bonds is 5. The largest absolute Gasteiger partial charge is 0.283 e. The molecular weight excluding hydrogens is 446 g/mol. The van der Waals surface area contributed by atoms with Gasteiger partial charge in [-0.3, -0.25) is 30.3 Å². The van der Waals surface area contributed by atoms with Crippen molar-refractivity contribution >= 4 is 43.8 Å². The fraction of sp³-hybridized carbons (Fsp3) is 0.158. The monoisotopic (exact) mass is 461 g/mol. The second-order valence-electron chi connectivity index (χ2n) is 6.10. The number of hydrogen-bond acceptors (Lipinski definition) is 6. The molecule has 9 nitrogen and oxygen atoms in total. The summed E-state index contributed by atoms with van der Waals surface area (Å²) < 4.78 is 0. The van der Waals surface area contributed by atoms with Crippen LogP contribution in [0.4, 0.5) is 17.1 Å². The molecule has 0 N–H and O–H groups in total. The summed E-state index contributed by atoms with van der Waals surface area (Å²) in [6.45, 7) is 2.18. The van der Waals surface area contributed by atoms with Crippen molar-refractivity contribution in [2.45, 2.75) is 18.2 Å². The molecule has 3 rings (SSSR count). The number of fused-ring (bicyclic) bond motifs is 1. The van der Waals surface area contributed by atoms with E-state index in [-0.39, 0.29) is 0 Å². The number of non-ortho nitro benzene ring substituents is 3. The highest BCUT2D eigenvalue weighted by atomic mass is 79.9. The number of halogens is 1. The van der Waals surface area contributed by atoms with E-state index in [9.17, 15) is 30.3 Å². The third-order valence-electron chi connectivity index (χ3n) is 3.90. The van der Waals surface area contributed by atoms with Gasteiger partial charge in [0, 0.05) is 4.83 Å². The zero-order valence-electron chi connectivity index (χ0n) is 15.2. The minimum atomic E-state index is -0.931. The Morgan fingerprint density at radius 3 is 1.69 bits per heavy atom. The first-order chi connectivity index (χ1) is 13.7. The molecule has 0 aliphatic rings. The summed E-state index contributed by atoms with van der Waals surface area (Å²) in [5, 5.41) is 33.6. The number of hydrogen-bond donors (Lipinski definition) is 0. The molecule has 0 aliphatic carbocycles. The fourth-order valence-electron chi connectivity index (χ4n) is 2.67. The average molecular weight is 462 g/mol. The molecule has 0 spiro atoms. The SMILES string of the molecule is CC(Br)Cc1cccc2ccccc12.O=[N+]([O-])c1cc([N+](=O)[O-])cc([N+](=O)[O-])c1. The van der Waals surface area contributed by atoms with E-state index in [0.29, 0.717) is 23.0 Å². The molecule has 150 valence electrons. The molecule has 3 aromatic carbocycles. The molecule has 0 fully saturated rings. The molecule has 0 aliphatic heterocycles. The van der Waals surface area contributed by atoms with Crippen LogP contribution in [0, 0.1) is 30.3 Å². The van der Waals surface area contributed by atoms with Gasteiger partial charge in [0.1, 0.15) is 0 Å². The molecule has 0 bridgehead atoms. The zero-order valence-corrected chi connectivity index (χ0v) is 16.8. The Morgan fingerprint density at radius 1 is 0.793 bits per heavy atom. The molecule has 3 aromatic rings. The predicted octanol–water partition coefficient (Wildman–Crippen LogP) is 5.58. The Morgan fingerprint density at radius 2 is 1.24 bits per heavy atom. The van der Waals surface area contributed by atoms with E-state index in [1.165, 1.54) is 16.3 Å². The van der Waals surface area contributed by atoms with Gasteiger partial charge in [-0.15, -0.1) is 0 Å². The number of nitro benzene ring substituents is 3. The Balaban J connectivity index is 0.000000207. The molecule has 0 amide bonds. The van der Waals surface area contributed by atoms with Crippen LogP contribution >= 0.6 is 15.9 Å². The molecule has 1 unspecified atom stereocenters. The molecule has 29 heavy (non-hydrogen) atoms. The van der Waals surface area contributed by atoms with Gasteiger partial charge in [0.05, 0.1) is 33.0 Å². The smallest absolute Gasteiger partial charge is 0.258 e. The number of nitro groups is 3. The van der Waals surface area contributed by atoms with Crippen LogP contribution in [0.1, 0.15) is 12.5 Å². The summed E-state index contributed by atoms with van der Waals surface area (Å²) >= 11 is 3.60. The van der Waals surface area contributed by atoms with E-state index < -0.39 is 31.8 Å². The number of nitrogens with zero attached hydrogens (tertiary/aromatic N) is 3. The van der Waals surface area contributed by atoms with Crippen molar-refractivity contribution in [2.24, 2.45) is 0 Å². The third kappa shape index (κ3) is 6.04. The van der Waals surface area contributed by atoms with Gasteiger partial charge in [0.2, 0.25) is 0 Å². The normalized spacial score (nSPS) is 11.2. The maximum atomic E-state index is 10.3. The van der Waals surface area contributed by atoms with Crippen LogP contribution in [0.15, 0.2) is 60.7 Å². The van der Waals surface area contributed by atoms with Crippen LogP contribution in [-0.2, 0) is 6.42 Å². The fourth-order valence-corrected chi connectivity index (χ4v) is 3.02. The molecule has 0 aromatic heterocycles. The third-order valence-corrected chi connectivity index (χ3v) is 4.22. The summed E-state index contributed by atoms with van der Waals surface area (Å²) in [4.78, 5) is 28.7. The molecule has 0 saturated carbocycles. The highest BCUT2D eigenvalue weighted by molar-refractivity contribution is 9.09. The van der Waals surface area contributed by atoms with E-state index in [4.69, 9.17) is 0 Å². The van der Waals surface area contributed by atoms with Gasteiger partial charge in [-0.25, -0.2) is 0 Å². The van der Waals surface area contributed by atoms with Crippen LogP contribution in [-0.4, -0.2) is 19.6 Å². The van der Waals surface area contributed by atoms with Gasteiger partial charge in [-0.05, 0) is 22.8 Å². The Bertz CT molecular complexity index is 986. The summed E-state index contributed by atoms with van der Waals surface area (Å²) in [5.41, 5.74) is -0.629. The Labute approximate surface area is 173 Å². The molecule has 0 saturated heterocycles. The van der Waals surface area contributed by atoms with Gasteiger partial charge in [-0.1, -0.05) is 65.3 Å². The van der Waals surface area contributed by atoms with E-state index in [1.54, 1.807) is 0 Å². The molecule has 0 radical (unpaired) electrons. The minimum Gasteiger partial charge on any atom is -0.258 e. The second-order valence-corrected chi connectivity index (χ2v) is 7.67. The van der Waals surface area contributed by atoms with Gasteiger partial charge in [-0.2, -0.15) is 0 Å². The highest BCUT2D eigenvalue weighted by Gasteiger charge is 2.21. The van der Waals surface area contributed by atoms with Crippen LogP contribution in [0.5, 0.6) is 0 Å². The van der Waals surface area contributed by atoms with Gasteiger partial charge in [0.25, 0.3) is 17.1 Å². The molecule has 1 atom stereocenters. The summed E-state index contributed by atoms with van der Waals surface area (Å²) in [6.07, 6.45) is 1.08. The second kappa shape index (κ2) is 9.69. The first-order valence-corrected chi connectivity index (χ1v) is 9.29. The average Bonchev–Trinajstić information content (AvgIpc) is 2.68. The lowest BCUT2D eigenvalue weighted by atomic mass is 10.0. The van der Waals surface area contributed by atoms with Crippen molar-refractivity contribution in [2.75, 3.05) is 0 Å². The number of alkyl halides is 1. The highest BCUT2D eigenvalue weighted by Crippen LogP contribution is 2.26. The quantitative estimate of drug-likeness (QED) is 0.277. The summed E-state index contributed by atoms with van der Waals surface area (Å²) in [7, 11) is 0. The van der Waals surface area contributed by atoms with Crippen LogP contribution in [0.25, 0.3) is 10.8 Å². The standard InChI is InChI=1S/C13H13Br.C6H3N3O6/c1-10(14)9-12-7-4-6-11-5-2-3-8-13(11)12;10-7(11)4-1-5(8(12)13)3-6(2-4)9(14)15/h2-8,10H,9H2,1H3;1-3H. The van der Waals surface area contributed by atoms with Crippen molar-refractivity contribution in [1.82, 2.24) is 0 Å². The topological polar surface area (TPSA) is 129 Å². The first kappa shape index (κ1) is 21.9. The zero-order chi connectivity index (χ0) is 21.6. The Kier molecular flexibility index (Phi) is 7.32. The lowest BCUT2D eigenvalue weighted by molar-refractivity contribution is -0.403. The van der Waals surface area contributed by atoms with E-state index >= 15 is 0 Å². The maximum Gasteiger partial charge on any atom is 0.283 e. The summed E-state index contributed by atoms with van der Waals surface area (Å²) in [5.74, 6) is 0. The van der Waals surface area contributed by atoms with Crippen LogP contribution in [0.3, 0.4) is 0 Å². The molecule has 10 heteroatoms. The molecule has 0 heterocycles. The van der Waals surface area contributed by atoms with Gasteiger partial charge >= 0.3 is 0 Å². The maximum absolute atomic E-state index is 10.3. The van der Waals surface area contributed by atoms with Gasteiger partial charge in [0.15, 0.2) is 0 Å². The van der Waals surface area contributed by atoms with Crippen molar-refractivity contribution in [3.8, 4) is 0 Å². The van der Waals surface area contributed by atoms with Crippen molar-refractivity contribution in [3.05, 3.63) is 96.6 Å². The lowest BCUT2D eigenvalue weighted by Crippen LogP contribution is -1.96. The van der Waals surface area contributed by atoms with E-state index in [0.717, 1.165) is 6.42 Å². The summed E-state index contributed by atoms with van der Waals surface area (Å²) in [6, 6.07) is 17.0. The van der Waals surface area contributed by atoms with Crippen LogP contribution < -0.4 is 0 Å². The van der Waals surface area contributed by atoms with Crippen molar-refractivity contribution in [3.63, 3.8) is 0 Å². The lowest BCUT2D eigenvalue weighted by Gasteiger charge is -2.07. The first-order valence-electron chi connectivity index (χ1n) is 8.38. The van der Waals surface area contributed by atoms with Crippen molar-refractivity contribution in [1.29, 1.82) is 0 Å². The van der Waals surface area contributed by atoms with E-state index in [1.807, 2.05) is 0 Å². The van der Waals surface area contributed by atoms with E-state index in [2.05, 4.69) is 65.3 Å². The van der Waals surface area contributed by atoms with Crippen LogP contribution in [0.2, 0.25) is 0 Å². The number of benzene rings is 3. The van der Waals surface area contributed by atoms with Gasteiger partial charge < -0.3 is 0 Å². The predicted molar refractivity (Wildman–Crippen MR) is 112 cm³/mol. The van der Waals surface area contributed by atoms with Crippen molar-refractivity contribution < 1.29 is 14.8 Å². The Hall–Kier alpha value is -3.40.